The lowest BCUT2D eigenvalue weighted by atomic mass is 9.72. The van der Waals surface area contributed by atoms with Crippen LogP contribution in [0.15, 0.2) is 12.1 Å². The smallest absolute Gasteiger partial charge is 0.170 e. The fourth-order valence-electron chi connectivity index (χ4n) is 4.21. The summed E-state index contributed by atoms with van der Waals surface area (Å²) in [4.78, 5) is 13.5. The van der Waals surface area contributed by atoms with Gasteiger partial charge in [0.15, 0.2) is 14.2 Å². The molecule has 0 bridgehead atoms. The molecule has 1 aromatic rings. The number of hydrogen-bond donors (Lipinski definition) is 0. The molecule has 0 spiro atoms. The van der Waals surface area contributed by atoms with E-state index in [1.165, 1.54) is 5.56 Å². The number of carbonyl (C=O) groups is 1. The van der Waals surface area contributed by atoms with E-state index in [4.69, 9.17) is 0 Å². The van der Waals surface area contributed by atoms with Crippen LogP contribution in [0.25, 0.3) is 0 Å². The Hall–Kier alpha value is -1.01. The molecule has 22 heavy (non-hydrogen) atoms. The van der Waals surface area contributed by atoms with Crippen LogP contribution in [0.5, 0.6) is 0 Å². The molecule has 0 heterocycles. The van der Waals surface area contributed by atoms with Gasteiger partial charge in [0.05, 0.1) is 5.66 Å². The predicted octanol–water partition coefficient (Wildman–Crippen LogP) is 5.82. The molecule has 0 aromatic heterocycles. The molecule has 0 amide bonds. The summed E-state index contributed by atoms with van der Waals surface area (Å²) in [7, 11) is 0.138. The second kappa shape index (κ2) is 7.04. The van der Waals surface area contributed by atoms with Crippen molar-refractivity contribution in [2.45, 2.75) is 71.9 Å². The Morgan fingerprint density at radius 3 is 2.18 bits per heavy atom. The van der Waals surface area contributed by atoms with Crippen LogP contribution < -0.4 is 0 Å². The Morgan fingerprint density at radius 1 is 1.18 bits per heavy atom. The van der Waals surface area contributed by atoms with Crippen LogP contribution in [0.3, 0.4) is 0 Å². The van der Waals surface area contributed by atoms with E-state index in [1.807, 2.05) is 13.8 Å². The molecule has 0 N–H and O–H groups in total. The lowest BCUT2D eigenvalue weighted by Crippen LogP contribution is -2.38. The van der Waals surface area contributed by atoms with Crippen molar-refractivity contribution >= 4 is 14.2 Å². The van der Waals surface area contributed by atoms with Gasteiger partial charge < -0.3 is 0 Å². The Morgan fingerprint density at radius 2 is 1.73 bits per heavy atom. The van der Waals surface area contributed by atoms with E-state index in [0.717, 1.165) is 55.2 Å². The zero-order valence-electron chi connectivity index (χ0n) is 14.2. The average Bonchev–Trinajstić information content (AvgIpc) is 2.94. The van der Waals surface area contributed by atoms with Crippen LogP contribution in [-0.4, -0.2) is 11.4 Å². The molecule has 120 valence electrons. The van der Waals surface area contributed by atoms with Crippen molar-refractivity contribution in [1.29, 1.82) is 0 Å². The van der Waals surface area contributed by atoms with Crippen LogP contribution in [0.1, 0.15) is 72.5 Å². The highest BCUT2D eigenvalue weighted by atomic mass is 31.1. The third-order valence-electron chi connectivity index (χ3n) is 5.18. The molecule has 0 radical (unpaired) electrons. The molecule has 1 aromatic carbocycles. The first-order chi connectivity index (χ1) is 10.5. The number of hydrogen-bond acceptors (Lipinski definition) is 2. The van der Waals surface area contributed by atoms with Gasteiger partial charge in [0.2, 0.25) is 0 Å². The van der Waals surface area contributed by atoms with Gasteiger partial charge in [-0.15, -0.1) is 0 Å². The quantitative estimate of drug-likeness (QED) is 0.489. The topological polar surface area (TPSA) is 34.1 Å². The molecule has 1 saturated carbocycles. The van der Waals surface area contributed by atoms with Crippen molar-refractivity contribution in [2.75, 3.05) is 0 Å². The average molecular weight is 318 g/mol. The summed E-state index contributed by atoms with van der Waals surface area (Å²) in [5.74, 6) is 0.238. The molecule has 0 saturated heterocycles. The molecule has 2 nitrogen and oxygen atoms in total. The van der Waals surface area contributed by atoms with Crippen LogP contribution in [-0.2, 0) is 4.57 Å². The van der Waals surface area contributed by atoms with Gasteiger partial charge in [-0.2, -0.15) is 0 Å². The van der Waals surface area contributed by atoms with Gasteiger partial charge >= 0.3 is 0 Å². The van der Waals surface area contributed by atoms with Crippen LogP contribution >= 0.6 is 8.46 Å². The van der Waals surface area contributed by atoms with Gasteiger partial charge in [0.1, 0.15) is 0 Å². The van der Waals surface area contributed by atoms with Crippen molar-refractivity contribution in [3.05, 3.63) is 34.4 Å². The van der Waals surface area contributed by atoms with Gasteiger partial charge in [-0.05, 0) is 51.2 Å². The van der Waals surface area contributed by atoms with E-state index in [1.54, 1.807) is 0 Å². The highest BCUT2D eigenvalue weighted by Crippen LogP contribution is 2.49. The highest BCUT2D eigenvalue weighted by Gasteiger charge is 2.48. The summed E-state index contributed by atoms with van der Waals surface area (Å²) in [5.41, 5.74) is 3.74. The molecule has 1 atom stereocenters. The molecule has 0 aliphatic heterocycles. The fourth-order valence-corrected chi connectivity index (χ4v) is 5.15. The van der Waals surface area contributed by atoms with Crippen molar-refractivity contribution in [3.8, 4) is 0 Å². The van der Waals surface area contributed by atoms with Gasteiger partial charge in [0, 0.05) is 11.0 Å². The summed E-state index contributed by atoms with van der Waals surface area (Å²) in [6.45, 7) is 8.22. The predicted molar refractivity (Wildman–Crippen MR) is 92.2 cm³/mol. The molecule has 1 aliphatic carbocycles. The number of benzene rings is 1. The monoisotopic (exact) mass is 318 g/mol. The minimum atomic E-state index is -0.413. The summed E-state index contributed by atoms with van der Waals surface area (Å²) in [6, 6.07) is 4.18. The third kappa shape index (κ3) is 3.04. The van der Waals surface area contributed by atoms with Crippen LogP contribution in [0, 0.1) is 26.2 Å². The molecule has 1 aliphatic rings. The van der Waals surface area contributed by atoms with Gasteiger partial charge in [-0.1, -0.05) is 43.9 Å². The lowest BCUT2D eigenvalue weighted by Gasteiger charge is -2.33. The SMILES string of the molecule is CCCC(P=O)C1(C(=O)c2c(C)cc(C)cc2C)CCCC1. The molecule has 1 unspecified atom stereocenters. The molecular weight excluding hydrogens is 291 g/mol. The summed E-state index contributed by atoms with van der Waals surface area (Å²) in [6.07, 6.45) is 5.76. The molecule has 1 fully saturated rings. The van der Waals surface area contributed by atoms with Crippen molar-refractivity contribution in [3.63, 3.8) is 0 Å². The Balaban J connectivity index is 2.50. The highest BCUT2D eigenvalue weighted by molar-refractivity contribution is 7.24. The maximum absolute atomic E-state index is 13.5. The maximum Gasteiger partial charge on any atom is 0.170 e. The summed E-state index contributed by atoms with van der Waals surface area (Å²) >= 11 is 0. The zero-order chi connectivity index (χ0) is 16.3. The van der Waals surface area contributed by atoms with Gasteiger partial charge in [-0.3, -0.25) is 9.36 Å². The van der Waals surface area contributed by atoms with E-state index in [0.29, 0.717) is 0 Å². The van der Waals surface area contributed by atoms with Crippen LogP contribution in [0.4, 0.5) is 0 Å². The van der Waals surface area contributed by atoms with E-state index in [-0.39, 0.29) is 19.9 Å². The molecular formula is C19H27O2P. The largest absolute Gasteiger partial charge is 0.293 e. The minimum Gasteiger partial charge on any atom is -0.293 e. The number of carbonyl (C=O) groups excluding carboxylic acids is 1. The molecule has 2 rings (SSSR count). The maximum atomic E-state index is 13.5. The Kier molecular flexibility index (Phi) is 5.55. The minimum absolute atomic E-state index is 0.0346. The van der Waals surface area contributed by atoms with E-state index < -0.39 is 5.41 Å². The lowest BCUT2D eigenvalue weighted by molar-refractivity contribution is 0.0785. The first-order valence-corrected chi connectivity index (χ1v) is 9.29. The normalized spacial score (nSPS) is 18.5. The summed E-state index contributed by atoms with van der Waals surface area (Å²) < 4.78 is 11.8. The van der Waals surface area contributed by atoms with Crippen molar-refractivity contribution in [1.82, 2.24) is 0 Å². The Bertz CT molecular complexity index is 548. The van der Waals surface area contributed by atoms with Gasteiger partial charge in [0.25, 0.3) is 0 Å². The van der Waals surface area contributed by atoms with Crippen molar-refractivity contribution in [2.24, 2.45) is 5.41 Å². The van der Waals surface area contributed by atoms with E-state index in [9.17, 15) is 9.36 Å². The number of aryl methyl sites for hydroxylation is 3. The van der Waals surface area contributed by atoms with E-state index in [2.05, 4.69) is 26.0 Å². The first kappa shape index (κ1) is 17.3. The number of rotatable bonds is 6. The second-order valence-electron chi connectivity index (χ2n) is 6.88. The number of ketones is 1. The van der Waals surface area contributed by atoms with E-state index >= 15 is 0 Å². The fraction of sp³-hybridized carbons (Fsp3) is 0.632. The number of Topliss-reactive ketones (excluding diaryl/α,β-unsaturated/α-hetero) is 1. The second-order valence-corrected chi connectivity index (χ2v) is 7.71. The standard InChI is InChI=1S/C19H27O2P/c1-5-8-16(22-21)19(9-6-7-10-19)18(20)17-14(3)11-13(2)12-15(17)4/h11-12,16H,5-10H2,1-4H3. The van der Waals surface area contributed by atoms with Crippen molar-refractivity contribution < 1.29 is 9.36 Å². The zero-order valence-corrected chi connectivity index (χ0v) is 15.1. The first-order valence-electron chi connectivity index (χ1n) is 8.41. The summed E-state index contributed by atoms with van der Waals surface area (Å²) in [5, 5.41) is 0. The Labute approximate surface area is 135 Å². The molecule has 3 heteroatoms. The third-order valence-corrected chi connectivity index (χ3v) is 6.19. The van der Waals surface area contributed by atoms with Gasteiger partial charge in [-0.25, -0.2) is 0 Å². The van der Waals surface area contributed by atoms with Crippen LogP contribution in [0.2, 0.25) is 0 Å².